The van der Waals surface area contributed by atoms with Gasteiger partial charge in [-0.25, -0.2) is 0 Å². The van der Waals surface area contributed by atoms with Crippen molar-refractivity contribution in [2.45, 2.75) is 19.5 Å². The zero-order chi connectivity index (χ0) is 17.3. The molecule has 1 unspecified atom stereocenters. The van der Waals surface area contributed by atoms with E-state index in [0.29, 0.717) is 17.7 Å². The molecule has 2 aromatic carbocycles. The van der Waals surface area contributed by atoms with Crippen LogP contribution in [-0.4, -0.2) is 40.6 Å². The Hall–Kier alpha value is -2.95. The molecule has 5 nitrogen and oxygen atoms in total. The Balaban J connectivity index is 1.77. The van der Waals surface area contributed by atoms with Gasteiger partial charge in [-0.2, -0.15) is 0 Å². The van der Waals surface area contributed by atoms with Crippen molar-refractivity contribution < 1.29 is 14.4 Å². The fourth-order valence-electron chi connectivity index (χ4n) is 2.92. The number of likely N-dealkylation sites (N-methyl/N-ethyl adjacent to an activating group) is 1. The number of hydrogen-bond donors (Lipinski definition) is 0. The zero-order valence-electron chi connectivity index (χ0n) is 13.6. The number of nitrogens with zero attached hydrogens (tertiary/aromatic N) is 2. The molecular formula is C19H18N2O3. The number of imide groups is 1. The molecule has 1 aliphatic heterocycles. The van der Waals surface area contributed by atoms with Crippen molar-refractivity contribution in [3.05, 3.63) is 71.3 Å². The second-order valence-corrected chi connectivity index (χ2v) is 5.88. The van der Waals surface area contributed by atoms with E-state index in [-0.39, 0.29) is 5.91 Å². The average Bonchev–Trinajstić information content (AvgIpc) is 2.86. The molecule has 0 radical (unpaired) electrons. The highest BCUT2D eigenvalue weighted by molar-refractivity contribution is 6.22. The van der Waals surface area contributed by atoms with Crippen molar-refractivity contribution in [1.29, 1.82) is 0 Å². The summed E-state index contributed by atoms with van der Waals surface area (Å²) in [6.45, 7) is 2.01. The van der Waals surface area contributed by atoms with Crippen molar-refractivity contribution in [3.63, 3.8) is 0 Å². The third kappa shape index (κ3) is 2.69. The SMILES string of the molecule is CC(C(=O)N(C)Cc1ccccc1)N1C(=O)c2ccccc2C1=O. The number of amides is 3. The third-order valence-corrected chi connectivity index (χ3v) is 4.21. The van der Waals surface area contributed by atoms with Crippen molar-refractivity contribution in [2.75, 3.05) is 7.05 Å². The van der Waals surface area contributed by atoms with E-state index in [9.17, 15) is 14.4 Å². The number of rotatable bonds is 4. The highest BCUT2D eigenvalue weighted by Gasteiger charge is 2.41. The highest BCUT2D eigenvalue weighted by atomic mass is 16.2. The molecule has 0 saturated carbocycles. The molecule has 0 bridgehead atoms. The maximum absolute atomic E-state index is 12.7. The maximum atomic E-state index is 12.7. The van der Waals surface area contributed by atoms with E-state index in [1.165, 1.54) is 4.90 Å². The summed E-state index contributed by atoms with van der Waals surface area (Å²) in [4.78, 5) is 40.2. The van der Waals surface area contributed by atoms with Crippen molar-refractivity contribution in [3.8, 4) is 0 Å². The maximum Gasteiger partial charge on any atom is 0.262 e. The molecule has 0 N–H and O–H groups in total. The van der Waals surface area contributed by atoms with Gasteiger partial charge in [0.2, 0.25) is 5.91 Å². The van der Waals surface area contributed by atoms with E-state index < -0.39 is 17.9 Å². The molecule has 2 aromatic rings. The number of hydrogen-bond acceptors (Lipinski definition) is 3. The average molecular weight is 322 g/mol. The molecule has 24 heavy (non-hydrogen) atoms. The van der Waals surface area contributed by atoms with Gasteiger partial charge in [0.15, 0.2) is 0 Å². The fourth-order valence-corrected chi connectivity index (χ4v) is 2.92. The molecule has 0 aromatic heterocycles. The minimum absolute atomic E-state index is 0.270. The van der Waals surface area contributed by atoms with Gasteiger partial charge in [0.05, 0.1) is 11.1 Å². The summed E-state index contributed by atoms with van der Waals surface area (Å²) in [7, 11) is 1.67. The first-order valence-corrected chi connectivity index (χ1v) is 7.76. The summed E-state index contributed by atoms with van der Waals surface area (Å²) in [5.41, 5.74) is 1.70. The van der Waals surface area contributed by atoms with Crippen molar-refractivity contribution in [2.24, 2.45) is 0 Å². The molecule has 1 atom stereocenters. The minimum Gasteiger partial charge on any atom is -0.340 e. The summed E-state index contributed by atoms with van der Waals surface area (Å²) in [6.07, 6.45) is 0. The van der Waals surface area contributed by atoms with Gasteiger partial charge >= 0.3 is 0 Å². The topological polar surface area (TPSA) is 57.7 Å². The summed E-state index contributed by atoms with van der Waals surface area (Å²) in [5.74, 6) is -1.09. The Bertz CT molecular complexity index is 766. The monoisotopic (exact) mass is 322 g/mol. The number of carbonyl (C=O) groups excluding carboxylic acids is 3. The Kier molecular flexibility index (Phi) is 4.16. The van der Waals surface area contributed by atoms with Gasteiger partial charge in [-0.1, -0.05) is 42.5 Å². The van der Waals surface area contributed by atoms with Crippen LogP contribution in [0.25, 0.3) is 0 Å². The number of fused-ring (bicyclic) bond motifs is 1. The normalized spacial score (nSPS) is 14.5. The number of carbonyl (C=O) groups is 3. The molecule has 0 spiro atoms. The lowest BCUT2D eigenvalue weighted by molar-refractivity contribution is -0.134. The quantitative estimate of drug-likeness (QED) is 0.812. The van der Waals surface area contributed by atoms with Crippen LogP contribution in [0.1, 0.15) is 33.2 Å². The summed E-state index contributed by atoms with van der Waals surface area (Å²) >= 11 is 0. The summed E-state index contributed by atoms with van der Waals surface area (Å²) in [5, 5.41) is 0. The van der Waals surface area contributed by atoms with Crippen LogP contribution < -0.4 is 0 Å². The van der Waals surface area contributed by atoms with Gasteiger partial charge in [-0.05, 0) is 24.6 Å². The van der Waals surface area contributed by atoms with Crippen LogP contribution in [0.4, 0.5) is 0 Å². The van der Waals surface area contributed by atoms with E-state index in [1.807, 2.05) is 30.3 Å². The lowest BCUT2D eigenvalue weighted by Crippen LogP contribution is -2.48. The molecule has 1 heterocycles. The molecular weight excluding hydrogens is 304 g/mol. The molecule has 0 fully saturated rings. The van der Waals surface area contributed by atoms with Crippen LogP contribution in [0.5, 0.6) is 0 Å². The van der Waals surface area contributed by atoms with Gasteiger partial charge in [0, 0.05) is 13.6 Å². The van der Waals surface area contributed by atoms with Gasteiger partial charge in [0.1, 0.15) is 6.04 Å². The van der Waals surface area contributed by atoms with Gasteiger partial charge in [-0.3, -0.25) is 19.3 Å². The Labute approximate surface area is 140 Å². The van der Waals surface area contributed by atoms with E-state index in [0.717, 1.165) is 10.5 Å². The van der Waals surface area contributed by atoms with Gasteiger partial charge in [-0.15, -0.1) is 0 Å². The largest absolute Gasteiger partial charge is 0.340 e. The zero-order valence-corrected chi connectivity index (χ0v) is 13.6. The van der Waals surface area contributed by atoms with Crippen LogP contribution in [0, 0.1) is 0 Å². The molecule has 122 valence electrons. The van der Waals surface area contributed by atoms with E-state index in [1.54, 1.807) is 38.2 Å². The second-order valence-electron chi connectivity index (χ2n) is 5.88. The van der Waals surface area contributed by atoms with Gasteiger partial charge < -0.3 is 4.90 Å². The summed E-state index contributed by atoms with van der Waals surface area (Å²) in [6, 6.07) is 15.4. The van der Waals surface area contributed by atoms with E-state index in [2.05, 4.69) is 0 Å². The third-order valence-electron chi connectivity index (χ3n) is 4.21. The molecule has 1 aliphatic rings. The predicted octanol–water partition coefficient (Wildman–Crippen LogP) is 2.33. The van der Waals surface area contributed by atoms with Crippen LogP contribution >= 0.6 is 0 Å². The second kappa shape index (κ2) is 6.28. The first-order valence-electron chi connectivity index (χ1n) is 7.76. The lowest BCUT2D eigenvalue weighted by Gasteiger charge is -2.26. The fraction of sp³-hybridized carbons (Fsp3) is 0.211. The standard InChI is InChI=1S/C19H18N2O3/c1-13(17(22)20(2)12-14-8-4-3-5-9-14)21-18(23)15-10-6-7-11-16(15)19(21)24/h3-11,13H,12H2,1-2H3. The van der Waals surface area contributed by atoms with Gasteiger partial charge in [0.25, 0.3) is 11.8 Å². The van der Waals surface area contributed by atoms with Crippen LogP contribution in [0.2, 0.25) is 0 Å². The first kappa shape index (κ1) is 15.9. The van der Waals surface area contributed by atoms with Crippen LogP contribution in [0.3, 0.4) is 0 Å². The molecule has 0 aliphatic carbocycles. The van der Waals surface area contributed by atoms with E-state index >= 15 is 0 Å². The van der Waals surface area contributed by atoms with Crippen LogP contribution in [0.15, 0.2) is 54.6 Å². The lowest BCUT2D eigenvalue weighted by atomic mass is 10.1. The Morgan fingerprint density at radius 3 is 2.00 bits per heavy atom. The van der Waals surface area contributed by atoms with Crippen LogP contribution in [-0.2, 0) is 11.3 Å². The highest BCUT2D eigenvalue weighted by Crippen LogP contribution is 2.25. The molecule has 0 saturated heterocycles. The van der Waals surface area contributed by atoms with Crippen molar-refractivity contribution >= 4 is 17.7 Å². The van der Waals surface area contributed by atoms with E-state index in [4.69, 9.17) is 0 Å². The molecule has 3 amide bonds. The van der Waals surface area contributed by atoms with Crippen molar-refractivity contribution in [1.82, 2.24) is 9.80 Å². The minimum atomic E-state index is -0.842. The Morgan fingerprint density at radius 1 is 0.958 bits per heavy atom. The molecule has 5 heteroatoms. The Morgan fingerprint density at radius 2 is 1.46 bits per heavy atom. The summed E-state index contributed by atoms with van der Waals surface area (Å²) < 4.78 is 0. The smallest absolute Gasteiger partial charge is 0.262 e. The number of benzene rings is 2. The first-order chi connectivity index (χ1) is 11.5. The predicted molar refractivity (Wildman–Crippen MR) is 89.3 cm³/mol. The molecule has 3 rings (SSSR count).